The summed E-state index contributed by atoms with van der Waals surface area (Å²) >= 11 is 0. The highest BCUT2D eigenvalue weighted by Gasteiger charge is 2.10. The average molecular weight is 294 g/mol. The molecule has 0 fully saturated rings. The summed E-state index contributed by atoms with van der Waals surface area (Å²) in [5.41, 5.74) is 1.87. The molecule has 0 atom stereocenters. The van der Waals surface area contributed by atoms with Gasteiger partial charge in [-0.15, -0.1) is 0 Å². The third kappa shape index (κ3) is 2.95. The van der Waals surface area contributed by atoms with E-state index in [0.29, 0.717) is 11.4 Å². The van der Waals surface area contributed by atoms with Gasteiger partial charge in [-0.3, -0.25) is 9.78 Å². The number of nitrogens with one attached hydrogen (secondary N) is 1. The molecule has 3 aromatic rings. The number of pyridine rings is 1. The zero-order valence-corrected chi connectivity index (χ0v) is 11.9. The molecule has 3 rings (SSSR count). The van der Waals surface area contributed by atoms with Crippen LogP contribution in [-0.2, 0) is 0 Å². The van der Waals surface area contributed by atoms with Crippen molar-refractivity contribution in [3.8, 4) is 11.4 Å². The number of anilines is 1. The molecular formula is C16H14N4O2. The molecule has 6 heteroatoms. The van der Waals surface area contributed by atoms with Crippen LogP contribution < -0.4 is 10.1 Å². The molecule has 1 N–H and O–H groups in total. The zero-order valence-electron chi connectivity index (χ0n) is 11.9. The van der Waals surface area contributed by atoms with E-state index < -0.39 is 0 Å². The maximum absolute atomic E-state index is 12.1. The predicted octanol–water partition coefficient (Wildman–Crippen LogP) is 2.53. The van der Waals surface area contributed by atoms with Gasteiger partial charge in [-0.1, -0.05) is 0 Å². The minimum absolute atomic E-state index is 0.265. The Morgan fingerprint density at radius 3 is 2.50 bits per heavy atom. The standard InChI is InChI=1S/C16H14N4O2/c1-22-14-4-2-13(3-5-14)20-11-8-15(19-20)16(21)18-12-6-9-17-10-7-12/h2-11H,1H3,(H,17,18,21). The van der Waals surface area contributed by atoms with Gasteiger partial charge in [0.05, 0.1) is 12.8 Å². The fourth-order valence-electron chi connectivity index (χ4n) is 1.95. The topological polar surface area (TPSA) is 69.0 Å². The first-order chi connectivity index (χ1) is 10.8. The number of hydrogen-bond acceptors (Lipinski definition) is 4. The van der Waals surface area contributed by atoms with Crippen LogP contribution in [-0.4, -0.2) is 27.8 Å². The van der Waals surface area contributed by atoms with Gasteiger partial charge in [0.25, 0.3) is 5.91 Å². The number of rotatable bonds is 4. The van der Waals surface area contributed by atoms with Crippen LogP contribution in [0.1, 0.15) is 10.5 Å². The molecule has 0 saturated heterocycles. The van der Waals surface area contributed by atoms with Crippen molar-refractivity contribution in [2.45, 2.75) is 0 Å². The SMILES string of the molecule is COc1ccc(-n2ccc(C(=O)Nc3ccncc3)n2)cc1. The van der Waals surface area contributed by atoms with E-state index in [4.69, 9.17) is 4.74 Å². The van der Waals surface area contributed by atoms with E-state index in [2.05, 4.69) is 15.4 Å². The Morgan fingerprint density at radius 2 is 1.82 bits per heavy atom. The number of ether oxygens (including phenoxy) is 1. The van der Waals surface area contributed by atoms with E-state index in [1.165, 1.54) is 0 Å². The molecule has 110 valence electrons. The number of nitrogens with zero attached hydrogens (tertiary/aromatic N) is 3. The monoisotopic (exact) mass is 294 g/mol. The van der Waals surface area contributed by atoms with E-state index in [0.717, 1.165) is 11.4 Å². The minimum Gasteiger partial charge on any atom is -0.497 e. The molecule has 1 aromatic carbocycles. The molecule has 0 saturated carbocycles. The van der Waals surface area contributed by atoms with Gasteiger partial charge in [-0.05, 0) is 42.5 Å². The molecule has 22 heavy (non-hydrogen) atoms. The second kappa shape index (κ2) is 6.09. The summed E-state index contributed by atoms with van der Waals surface area (Å²) in [4.78, 5) is 16.0. The highest BCUT2D eigenvalue weighted by molar-refractivity contribution is 6.02. The number of hydrogen-bond donors (Lipinski definition) is 1. The van der Waals surface area contributed by atoms with Crippen LogP contribution in [0.2, 0.25) is 0 Å². The van der Waals surface area contributed by atoms with Crippen molar-refractivity contribution in [3.63, 3.8) is 0 Å². The van der Waals surface area contributed by atoms with E-state index in [9.17, 15) is 4.79 Å². The number of carbonyl (C=O) groups is 1. The maximum atomic E-state index is 12.1. The molecule has 0 aliphatic rings. The van der Waals surface area contributed by atoms with E-state index in [1.807, 2.05) is 24.3 Å². The van der Waals surface area contributed by atoms with Crippen molar-refractivity contribution in [2.75, 3.05) is 12.4 Å². The smallest absolute Gasteiger partial charge is 0.276 e. The van der Waals surface area contributed by atoms with E-state index in [-0.39, 0.29) is 5.91 Å². The number of carbonyl (C=O) groups excluding carboxylic acids is 1. The van der Waals surface area contributed by atoms with E-state index >= 15 is 0 Å². The van der Waals surface area contributed by atoms with Crippen LogP contribution in [0.4, 0.5) is 5.69 Å². The zero-order chi connectivity index (χ0) is 15.4. The molecule has 0 unspecified atom stereocenters. The molecule has 1 amide bonds. The molecule has 2 heterocycles. The third-order valence-corrected chi connectivity index (χ3v) is 3.10. The highest BCUT2D eigenvalue weighted by atomic mass is 16.5. The second-order valence-corrected chi connectivity index (χ2v) is 4.53. The summed E-state index contributed by atoms with van der Waals surface area (Å²) < 4.78 is 6.76. The summed E-state index contributed by atoms with van der Waals surface area (Å²) in [6.07, 6.45) is 4.97. The number of aromatic nitrogens is 3. The van der Waals surface area contributed by atoms with Crippen molar-refractivity contribution in [1.29, 1.82) is 0 Å². The lowest BCUT2D eigenvalue weighted by Gasteiger charge is -2.04. The summed E-state index contributed by atoms with van der Waals surface area (Å²) in [6, 6.07) is 12.5. The summed E-state index contributed by atoms with van der Waals surface area (Å²) in [5, 5.41) is 7.05. The number of benzene rings is 1. The lowest BCUT2D eigenvalue weighted by molar-refractivity contribution is 0.102. The van der Waals surface area contributed by atoms with Gasteiger partial charge in [0.2, 0.25) is 0 Å². The van der Waals surface area contributed by atoms with Crippen LogP contribution in [0.3, 0.4) is 0 Å². The molecule has 0 aliphatic heterocycles. The summed E-state index contributed by atoms with van der Waals surface area (Å²) in [5.74, 6) is 0.505. The van der Waals surface area contributed by atoms with Gasteiger partial charge < -0.3 is 10.1 Å². The van der Waals surface area contributed by atoms with Crippen LogP contribution in [0.25, 0.3) is 5.69 Å². The number of amides is 1. The van der Waals surface area contributed by atoms with Crippen molar-refractivity contribution in [2.24, 2.45) is 0 Å². The Morgan fingerprint density at radius 1 is 1.09 bits per heavy atom. The first-order valence-corrected chi connectivity index (χ1v) is 6.68. The molecular weight excluding hydrogens is 280 g/mol. The van der Waals surface area contributed by atoms with Crippen molar-refractivity contribution < 1.29 is 9.53 Å². The Labute approximate surface area is 127 Å². The van der Waals surface area contributed by atoms with Crippen LogP contribution >= 0.6 is 0 Å². The summed E-state index contributed by atoms with van der Waals surface area (Å²) in [6.45, 7) is 0. The van der Waals surface area contributed by atoms with Gasteiger partial charge in [-0.2, -0.15) is 5.10 Å². The van der Waals surface area contributed by atoms with Gasteiger partial charge in [0.1, 0.15) is 5.75 Å². The van der Waals surface area contributed by atoms with E-state index in [1.54, 1.807) is 48.6 Å². The quantitative estimate of drug-likeness (QED) is 0.802. The van der Waals surface area contributed by atoms with Gasteiger partial charge in [0.15, 0.2) is 5.69 Å². The fraction of sp³-hybridized carbons (Fsp3) is 0.0625. The van der Waals surface area contributed by atoms with Crippen LogP contribution in [0.5, 0.6) is 5.75 Å². The first kappa shape index (κ1) is 13.8. The lowest BCUT2D eigenvalue weighted by atomic mass is 10.3. The van der Waals surface area contributed by atoms with Crippen molar-refractivity contribution >= 4 is 11.6 Å². The first-order valence-electron chi connectivity index (χ1n) is 6.68. The molecule has 0 bridgehead atoms. The minimum atomic E-state index is -0.265. The summed E-state index contributed by atoms with van der Waals surface area (Å²) in [7, 11) is 1.62. The molecule has 2 aromatic heterocycles. The van der Waals surface area contributed by atoms with Crippen LogP contribution in [0, 0.1) is 0 Å². The average Bonchev–Trinajstić information content (AvgIpc) is 3.06. The Kier molecular flexibility index (Phi) is 3.82. The fourth-order valence-corrected chi connectivity index (χ4v) is 1.95. The molecule has 0 radical (unpaired) electrons. The lowest BCUT2D eigenvalue weighted by Crippen LogP contribution is -2.13. The largest absolute Gasteiger partial charge is 0.497 e. The third-order valence-electron chi connectivity index (χ3n) is 3.10. The normalized spacial score (nSPS) is 10.2. The second-order valence-electron chi connectivity index (χ2n) is 4.53. The highest BCUT2D eigenvalue weighted by Crippen LogP contribution is 2.15. The number of methoxy groups -OCH3 is 1. The Hall–Kier alpha value is -3.15. The van der Waals surface area contributed by atoms with Gasteiger partial charge in [0, 0.05) is 24.3 Å². The molecule has 6 nitrogen and oxygen atoms in total. The van der Waals surface area contributed by atoms with Gasteiger partial charge >= 0.3 is 0 Å². The van der Waals surface area contributed by atoms with Crippen molar-refractivity contribution in [1.82, 2.24) is 14.8 Å². The predicted molar refractivity (Wildman–Crippen MR) is 82.3 cm³/mol. The van der Waals surface area contributed by atoms with Crippen LogP contribution in [0.15, 0.2) is 61.1 Å². The molecule has 0 aliphatic carbocycles. The van der Waals surface area contributed by atoms with Crippen molar-refractivity contribution in [3.05, 3.63) is 66.7 Å². The van der Waals surface area contributed by atoms with Gasteiger partial charge in [-0.25, -0.2) is 4.68 Å². The Balaban J connectivity index is 1.76. The Bertz CT molecular complexity index is 766. The molecule has 0 spiro atoms. The maximum Gasteiger partial charge on any atom is 0.276 e.